The molecule has 1 atom stereocenters. The smallest absolute Gasteiger partial charge is 0.260 e. The zero-order chi connectivity index (χ0) is 24.5. The number of rotatable bonds is 5. The lowest BCUT2D eigenvalue weighted by molar-refractivity contribution is -0.139. The molecule has 0 spiro atoms. The summed E-state index contributed by atoms with van der Waals surface area (Å²) in [6.45, 7) is 3.16. The van der Waals surface area contributed by atoms with Gasteiger partial charge >= 0.3 is 0 Å². The van der Waals surface area contributed by atoms with E-state index in [1.54, 1.807) is 32.0 Å². The van der Waals surface area contributed by atoms with E-state index >= 15 is 0 Å². The first-order valence-corrected chi connectivity index (χ1v) is 11.5. The molecule has 8 heteroatoms. The van der Waals surface area contributed by atoms with Crippen molar-refractivity contribution in [2.45, 2.75) is 51.5 Å². The number of benzene rings is 1. The molecule has 2 heterocycles. The van der Waals surface area contributed by atoms with Crippen LogP contribution in [-0.4, -0.2) is 41.0 Å². The van der Waals surface area contributed by atoms with Gasteiger partial charge in [0.2, 0.25) is 0 Å². The Hall–Kier alpha value is -3.21. The monoisotopic (exact) mass is 472 g/mol. The second kappa shape index (κ2) is 9.57. The van der Waals surface area contributed by atoms with E-state index in [1.165, 1.54) is 21.6 Å². The normalized spacial score (nSPS) is 18.1. The van der Waals surface area contributed by atoms with Crippen LogP contribution in [0.2, 0.25) is 0 Å². The fraction of sp³-hybridized carbons (Fsp3) is 0.462. The van der Waals surface area contributed by atoms with Gasteiger partial charge in [0.25, 0.3) is 17.4 Å². The molecule has 0 unspecified atom stereocenters. The molecule has 2 aliphatic rings. The average molecular weight is 473 g/mol. The van der Waals surface area contributed by atoms with E-state index in [0.717, 1.165) is 12.8 Å². The van der Waals surface area contributed by atoms with Crippen LogP contribution in [0.4, 0.5) is 13.2 Å². The van der Waals surface area contributed by atoms with Crippen molar-refractivity contribution in [2.75, 3.05) is 19.7 Å². The van der Waals surface area contributed by atoms with Crippen molar-refractivity contribution in [2.24, 2.45) is 5.92 Å². The summed E-state index contributed by atoms with van der Waals surface area (Å²) in [4.78, 5) is 26.5. The van der Waals surface area contributed by atoms with Crippen LogP contribution in [0.15, 0.2) is 35.1 Å². The SMILES string of the molecule is Cc1cc(OCC(=O)N2CCC(F)(F)CC2)cc(=O)n1[C@H](C)c1ccc(C#CC2CC2)c(F)c1. The van der Waals surface area contributed by atoms with Crippen LogP contribution in [0.5, 0.6) is 5.75 Å². The van der Waals surface area contributed by atoms with Gasteiger partial charge in [-0.3, -0.25) is 9.59 Å². The minimum Gasteiger partial charge on any atom is -0.484 e. The fourth-order valence-electron chi connectivity index (χ4n) is 4.03. The Labute approximate surface area is 196 Å². The number of carbonyl (C=O) groups excluding carboxylic acids is 1. The lowest BCUT2D eigenvalue weighted by atomic mass is 10.0. The van der Waals surface area contributed by atoms with Crippen LogP contribution in [0.3, 0.4) is 0 Å². The number of piperidine rings is 1. The van der Waals surface area contributed by atoms with Crippen LogP contribution in [0, 0.1) is 30.5 Å². The topological polar surface area (TPSA) is 51.5 Å². The molecular weight excluding hydrogens is 445 g/mol. The molecule has 2 aromatic rings. The Kier molecular flexibility index (Phi) is 6.74. The van der Waals surface area contributed by atoms with E-state index in [2.05, 4.69) is 11.8 Å². The van der Waals surface area contributed by atoms with E-state index in [4.69, 9.17) is 4.74 Å². The third kappa shape index (κ3) is 5.64. The second-order valence-corrected chi connectivity index (χ2v) is 9.02. The van der Waals surface area contributed by atoms with Gasteiger partial charge < -0.3 is 14.2 Å². The van der Waals surface area contributed by atoms with Gasteiger partial charge in [-0.05, 0) is 50.5 Å². The van der Waals surface area contributed by atoms with Crippen LogP contribution < -0.4 is 10.3 Å². The van der Waals surface area contributed by atoms with Crippen LogP contribution in [0.25, 0.3) is 0 Å². The predicted octanol–water partition coefficient (Wildman–Crippen LogP) is 4.30. The Bertz CT molecular complexity index is 1200. The Morgan fingerprint density at radius 3 is 2.53 bits per heavy atom. The van der Waals surface area contributed by atoms with Gasteiger partial charge in [0, 0.05) is 43.6 Å². The van der Waals surface area contributed by atoms with Crippen LogP contribution in [-0.2, 0) is 4.79 Å². The number of halogens is 3. The lowest BCUT2D eigenvalue weighted by Crippen LogP contribution is -2.44. The number of hydrogen-bond donors (Lipinski definition) is 0. The maximum Gasteiger partial charge on any atom is 0.260 e. The molecular formula is C26H27F3N2O3. The van der Waals surface area contributed by atoms with Gasteiger partial charge in [0.15, 0.2) is 6.61 Å². The van der Waals surface area contributed by atoms with Crippen molar-refractivity contribution < 1.29 is 22.7 Å². The average Bonchev–Trinajstić information content (AvgIpc) is 3.60. The highest BCUT2D eigenvalue weighted by molar-refractivity contribution is 5.77. The zero-order valence-electron chi connectivity index (χ0n) is 19.2. The molecule has 1 aromatic carbocycles. The molecule has 1 aliphatic carbocycles. The molecule has 0 bridgehead atoms. The number of carbonyl (C=O) groups is 1. The largest absolute Gasteiger partial charge is 0.484 e. The molecule has 1 aromatic heterocycles. The number of likely N-dealkylation sites (tertiary alicyclic amines) is 1. The summed E-state index contributed by atoms with van der Waals surface area (Å²) in [5.41, 5.74) is 1.20. The zero-order valence-corrected chi connectivity index (χ0v) is 19.2. The molecule has 5 nitrogen and oxygen atoms in total. The van der Waals surface area contributed by atoms with Gasteiger partial charge in [-0.1, -0.05) is 17.9 Å². The van der Waals surface area contributed by atoms with Gasteiger partial charge in [0.05, 0.1) is 11.6 Å². The number of amides is 1. The summed E-state index contributed by atoms with van der Waals surface area (Å²) in [5.74, 6) is 2.97. The number of pyridine rings is 1. The summed E-state index contributed by atoms with van der Waals surface area (Å²) >= 11 is 0. The number of hydrogen-bond acceptors (Lipinski definition) is 3. The highest BCUT2D eigenvalue weighted by Crippen LogP contribution is 2.29. The summed E-state index contributed by atoms with van der Waals surface area (Å²) in [6, 6.07) is 7.27. The number of aryl methyl sites for hydroxylation is 1. The van der Waals surface area contributed by atoms with E-state index in [9.17, 15) is 22.8 Å². The minimum atomic E-state index is -2.73. The van der Waals surface area contributed by atoms with E-state index < -0.39 is 23.7 Å². The minimum absolute atomic E-state index is 0.0190. The Morgan fingerprint density at radius 1 is 1.21 bits per heavy atom. The summed E-state index contributed by atoms with van der Waals surface area (Å²) in [7, 11) is 0. The predicted molar refractivity (Wildman–Crippen MR) is 122 cm³/mol. The molecule has 34 heavy (non-hydrogen) atoms. The number of nitrogens with zero attached hydrogens (tertiary/aromatic N) is 2. The standard InChI is InChI=1S/C26H27F3N2O3/c1-17-13-22(34-16-25(33)30-11-9-26(28,29)10-12-30)15-24(32)31(17)18(2)21-8-7-20(23(27)14-21)6-5-19-3-4-19/h7-8,13-15,18-19H,3-4,9-12,16H2,1-2H3/t18-/m1/s1. The van der Waals surface area contributed by atoms with E-state index in [1.807, 2.05) is 0 Å². The molecule has 4 rings (SSSR count). The third-order valence-corrected chi connectivity index (χ3v) is 6.30. The van der Waals surface area contributed by atoms with Crippen molar-refractivity contribution in [3.05, 3.63) is 63.3 Å². The van der Waals surface area contributed by atoms with Gasteiger partial charge in [-0.15, -0.1) is 0 Å². The Morgan fingerprint density at radius 2 is 1.91 bits per heavy atom. The first kappa shape index (κ1) is 23.9. The lowest BCUT2D eigenvalue weighted by Gasteiger charge is -2.31. The molecule has 180 valence electrons. The van der Waals surface area contributed by atoms with Crippen LogP contribution >= 0.6 is 0 Å². The van der Waals surface area contributed by atoms with Crippen molar-refractivity contribution in [1.29, 1.82) is 0 Å². The van der Waals surface area contributed by atoms with E-state index in [0.29, 0.717) is 22.7 Å². The molecule has 1 aliphatic heterocycles. The first-order chi connectivity index (χ1) is 16.1. The Balaban J connectivity index is 1.43. The molecule has 1 amide bonds. The van der Waals surface area contributed by atoms with Crippen molar-refractivity contribution >= 4 is 5.91 Å². The maximum absolute atomic E-state index is 14.5. The number of alkyl halides is 2. The third-order valence-electron chi connectivity index (χ3n) is 6.30. The van der Waals surface area contributed by atoms with Crippen molar-refractivity contribution in [1.82, 2.24) is 9.47 Å². The van der Waals surface area contributed by atoms with Gasteiger partial charge in [-0.2, -0.15) is 0 Å². The molecule has 0 N–H and O–H groups in total. The fourth-order valence-corrected chi connectivity index (χ4v) is 4.03. The highest BCUT2D eigenvalue weighted by atomic mass is 19.3. The quantitative estimate of drug-likeness (QED) is 0.610. The second-order valence-electron chi connectivity index (χ2n) is 9.02. The summed E-state index contributed by atoms with van der Waals surface area (Å²) in [6.07, 6.45) is 1.41. The number of ether oxygens (including phenoxy) is 1. The van der Waals surface area contributed by atoms with Crippen LogP contribution in [0.1, 0.15) is 55.5 Å². The van der Waals surface area contributed by atoms with Gasteiger partial charge in [-0.25, -0.2) is 13.2 Å². The van der Waals surface area contributed by atoms with E-state index in [-0.39, 0.29) is 43.8 Å². The molecule has 0 radical (unpaired) electrons. The molecule has 2 fully saturated rings. The van der Waals surface area contributed by atoms with Gasteiger partial charge in [0.1, 0.15) is 11.6 Å². The summed E-state index contributed by atoms with van der Waals surface area (Å²) < 4.78 is 48.1. The first-order valence-electron chi connectivity index (χ1n) is 11.5. The highest BCUT2D eigenvalue weighted by Gasteiger charge is 2.35. The number of aromatic nitrogens is 1. The van der Waals surface area contributed by atoms with Crippen molar-refractivity contribution in [3.8, 4) is 17.6 Å². The molecule has 1 saturated carbocycles. The maximum atomic E-state index is 14.5. The van der Waals surface area contributed by atoms with Crippen molar-refractivity contribution in [3.63, 3.8) is 0 Å². The summed E-state index contributed by atoms with van der Waals surface area (Å²) in [5, 5.41) is 0. The molecule has 1 saturated heterocycles.